The van der Waals surface area contributed by atoms with Crippen LogP contribution in [-0.2, 0) is 10.3 Å². The van der Waals surface area contributed by atoms with Crippen molar-refractivity contribution < 1.29 is 4.74 Å². The molecule has 1 aliphatic heterocycles. The molecule has 0 bridgehead atoms. The van der Waals surface area contributed by atoms with Crippen LogP contribution >= 0.6 is 0 Å². The monoisotopic (exact) mass is 297 g/mol. The second kappa shape index (κ2) is 5.40. The minimum Gasteiger partial charge on any atom is -0.377 e. The van der Waals surface area contributed by atoms with Crippen LogP contribution in [-0.4, -0.2) is 17.8 Å². The molecule has 0 aliphatic carbocycles. The molecule has 0 saturated heterocycles. The molecule has 0 radical (unpaired) electrons. The first kappa shape index (κ1) is 15.0. The van der Waals surface area contributed by atoms with E-state index in [1.54, 1.807) is 0 Å². The first-order valence-corrected chi connectivity index (χ1v) is 7.82. The van der Waals surface area contributed by atoms with E-state index < -0.39 is 0 Å². The van der Waals surface area contributed by atoms with Crippen LogP contribution < -0.4 is 5.56 Å². The number of hydrogen-bond acceptors (Lipinski definition) is 2. The van der Waals surface area contributed by atoms with E-state index >= 15 is 0 Å². The molecule has 0 atom stereocenters. The highest BCUT2D eigenvalue weighted by atomic mass is 16.5. The van der Waals surface area contributed by atoms with E-state index in [0.29, 0.717) is 6.61 Å². The molecule has 0 fully saturated rings. The lowest BCUT2D eigenvalue weighted by Crippen LogP contribution is -2.35. The van der Waals surface area contributed by atoms with Gasteiger partial charge in [0, 0.05) is 16.6 Å². The Morgan fingerprint density at radius 3 is 2.59 bits per heavy atom. The van der Waals surface area contributed by atoms with Crippen molar-refractivity contribution in [3.63, 3.8) is 0 Å². The fraction of sp³-hybridized carbons (Fsp3) is 0.421. The summed E-state index contributed by atoms with van der Waals surface area (Å²) in [5.74, 6) is 0. The molecule has 0 N–H and O–H groups in total. The van der Waals surface area contributed by atoms with Crippen molar-refractivity contribution in [2.45, 2.75) is 39.7 Å². The summed E-state index contributed by atoms with van der Waals surface area (Å²) in [5.41, 5.74) is 3.29. The van der Waals surface area contributed by atoms with Crippen molar-refractivity contribution in [3.05, 3.63) is 52.0 Å². The third kappa shape index (κ3) is 2.61. The summed E-state index contributed by atoms with van der Waals surface area (Å²) < 4.78 is 7.26. The Bertz CT molecular complexity index is 807. The van der Waals surface area contributed by atoms with Crippen LogP contribution in [0.2, 0.25) is 0 Å². The second-order valence-corrected chi connectivity index (χ2v) is 6.95. The number of ether oxygens (including phenoxy) is 1. The first-order valence-electron chi connectivity index (χ1n) is 7.82. The minimum absolute atomic E-state index is 0.0945. The topological polar surface area (TPSA) is 31.2 Å². The highest BCUT2D eigenvalue weighted by Gasteiger charge is 2.19. The molecular weight excluding hydrogens is 274 g/mol. The predicted molar refractivity (Wildman–Crippen MR) is 91.4 cm³/mol. The fourth-order valence-electron chi connectivity index (χ4n) is 3.26. The lowest BCUT2D eigenvalue weighted by atomic mass is 9.98. The van der Waals surface area contributed by atoms with E-state index in [2.05, 4.69) is 45.0 Å². The fourth-order valence-corrected chi connectivity index (χ4v) is 3.26. The van der Waals surface area contributed by atoms with Crippen LogP contribution in [0.4, 0.5) is 0 Å². The molecule has 116 valence electrons. The molecule has 0 spiro atoms. The van der Waals surface area contributed by atoms with Crippen LogP contribution in [0, 0.1) is 6.92 Å². The van der Waals surface area contributed by atoms with Gasteiger partial charge in [-0.1, -0.05) is 18.2 Å². The van der Waals surface area contributed by atoms with Gasteiger partial charge in [-0.25, -0.2) is 0 Å². The van der Waals surface area contributed by atoms with Gasteiger partial charge in [0.05, 0.1) is 13.2 Å². The van der Waals surface area contributed by atoms with E-state index in [1.807, 2.05) is 17.6 Å². The van der Waals surface area contributed by atoms with Gasteiger partial charge in [-0.05, 0) is 62.8 Å². The molecule has 1 aromatic carbocycles. The molecule has 22 heavy (non-hydrogen) atoms. The van der Waals surface area contributed by atoms with Gasteiger partial charge in [0.15, 0.2) is 0 Å². The van der Waals surface area contributed by atoms with Gasteiger partial charge in [-0.15, -0.1) is 0 Å². The molecule has 3 heteroatoms. The molecule has 0 amide bonds. The van der Waals surface area contributed by atoms with E-state index in [-0.39, 0.29) is 11.1 Å². The van der Waals surface area contributed by atoms with Gasteiger partial charge < -0.3 is 9.30 Å². The number of aromatic nitrogens is 1. The zero-order valence-electron chi connectivity index (χ0n) is 13.8. The molecule has 2 aromatic rings. The normalized spacial score (nSPS) is 15.9. The van der Waals surface area contributed by atoms with Crippen LogP contribution in [0.25, 0.3) is 16.3 Å². The summed E-state index contributed by atoms with van der Waals surface area (Å²) in [6.07, 6.45) is 3.02. The quantitative estimate of drug-likeness (QED) is 0.800. The number of rotatable bonds is 1. The average Bonchev–Trinajstić information content (AvgIpc) is 2.46. The Morgan fingerprint density at radius 2 is 1.95 bits per heavy atom. The minimum atomic E-state index is -0.219. The third-order valence-corrected chi connectivity index (χ3v) is 4.21. The summed E-state index contributed by atoms with van der Waals surface area (Å²) in [6, 6.07) is 8.31. The zero-order valence-corrected chi connectivity index (χ0v) is 13.8. The lowest BCUT2D eigenvalue weighted by molar-refractivity contribution is 0.161. The summed E-state index contributed by atoms with van der Waals surface area (Å²) in [7, 11) is 0. The Kier molecular flexibility index (Phi) is 3.69. The lowest BCUT2D eigenvalue weighted by Gasteiger charge is -2.25. The van der Waals surface area contributed by atoms with E-state index in [9.17, 15) is 4.79 Å². The highest BCUT2D eigenvalue weighted by molar-refractivity contribution is 5.86. The van der Waals surface area contributed by atoms with Crippen molar-refractivity contribution in [3.8, 4) is 0 Å². The number of hydrogen-bond donors (Lipinski definition) is 0. The number of nitrogens with zero attached hydrogens (tertiary/aromatic N) is 1. The molecule has 1 aromatic heterocycles. The first-order chi connectivity index (χ1) is 10.4. The molecule has 3 rings (SSSR count). The maximum Gasteiger partial charge on any atom is 0.259 e. The van der Waals surface area contributed by atoms with E-state index in [0.717, 1.165) is 35.1 Å². The summed E-state index contributed by atoms with van der Waals surface area (Å²) in [4.78, 5) is 12.9. The highest BCUT2D eigenvalue weighted by Crippen LogP contribution is 2.25. The van der Waals surface area contributed by atoms with Gasteiger partial charge in [0.25, 0.3) is 5.56 Å². The molecule has 2 heterocycles. The van der Waals surface area contributed by atoms with Crippen LogP contribution in [0.1, 0.15) is 38.4 Å². The number of benzene rings is 1. The summed E-state index contributed by atoms with van der Waals surface area (Å²) >= 11 is 0. The molecular formula is C19H23NO2. The second-order valence-electron chi connectivity index (χ2n) is 6.95. The number of aryl methyl sites for hydroxylation is 1. The largest absolute Gasteiger partial charge is 0.377 e. The van der Waals surface area contributed by atoms with Gasteiger partial charge in [-0.3, -0.25) is 4.79 Å². The van der Waals surface area contributed by atoms with Crippen molar-refractivity contribution in [1.29, 1.82) is 0 Å². The van der Waals surface area contributed by atoms with Crippen molar-refractivity contribution >= 4 is 16.3 Å². The maximum atomic E-state index is 12.9. The van der Waals surface area contributed by atoms with Gasteiger partial charge in [-0.2, -0.15) is 0 Å². The Balaban J connectivity index is 2.23. The Hall–Kier alpha value is -1.87. The molecule has 0 saturated carbocycles. The molecule has 0 unspecified atom stereocenters. The van der Waals surface area contributed by atoms with Crippen molar-refractivity contribution in [2.75, 3.05) is 13.2 Å². The maximum absolute atomic E-state index is 12.9. The van der Waals surface area contributed by atoms with Gasteiger partial charge in [0.2, 0.25) is 0 Å². The zero-order chi connectivity index (χ0) is 15.9. The summed E-state index contributed by atoms with van der Waals surface area (Å²) in [5, 5.41) is 1.81. The van der Waals surface area contributed by atoms with Crippen molar-refractivity contribution in [2.24, 2.45) is 0 Å². The SMILES string of the molecule is Cc1cc2ccc(C3=CCOCC3)cc2c(=O)n1C(C)(C)C. The smallest absolute Gasteiger partial charge is 0.259 e. The van der Waals surface area contributed by atoms with Crippen LogP contribution in [0.5, 0.6) is 0 Å². The molecule has 1 aliphatic rings. The summed E-state index contributed by atoms with van der Waals surface area (Å²) in [6.45, 7) is 9.62. The van der Waals surface area contributed by atoms with Crippen LogP contribution in [0.3, 0.4) is 0 Å². The number of pyridine rings is 1. The van der Waals surface area contributed by atoms with Gasteiger partial charge in [0.1, 0.15) is 0 Å². The third-order valence-electron chi connectivity index (χ3n) is 4.21. The predicted octanol–water partition coefficient (Wildman–Crippen LogP) is 3.87. The molecule has 3 nitrogen and oxygen atoms in total. The Morgan fingerprint density at radius 1 is 1.18 bits per heavy atom. The number of fused-ring (bicyclic) bond motifs is 1. The van der Waals surface area contributed by atoms with Gasteiger partial charge >= 0.3 is 0 Å². The van der Waals surface area contributed by atoms with Crippen LogP contribution in [0.15, 0.2) is 35.1 Å². The van der Waals surface area contributed by atoms with E-state index in [4.69, 9.17) is 4.74 Å². The average molecular weight is 297 g/mol. The van der Waals surface area contributed by atoms with Crippen molar-refractivity contribution in [1.82, 2.24) is 4.57 Å². The Labute approximate surface area is 131 Å². The standard InChI is InChI=1S/C19H23NO2/c1-13-11-16-6-5-15(14-7-9-22-10-8-14)12-17(16)18(21)20(13)19(2,3)4/h5-7,11-12H,8-10H2,1-4H3. The van der Waals surface area contributed by atoms with E-state index in [1.165, 1.54) is 5.57 Å².